The zero-order valence-electron chi connectivity index (χ0n) is 10.7. The molecule has 0 saturated carbocycles. The van der Waals surface area contributed by atoms with Crippen LogP contribution in [0, 0.1) is 0 Å². The Balaban J connectivity index is 1.68. The van der Waals surface area contributed by atoms with E-state index in [1.165, 1.54) is 11.1 Å². The van der Waals surface area contributed by atoms with Crippen LogP contribution in [-0.4, -0.2) is 34.6 Å². The minimum Gasteiger partial charge on any atom is -0.390 e. The second-order valence-electron chi connectivity index (χ2n) is 5.78. The number of benzene rings is 1. The smallest absolute Gasteiger partial charge is 0.230 e. The summed E-state index contributed by atoms with van der Waals surface area (Å²) < 4.78 is 0. The summed E-state index contributed by atoms with van der Waals surface area (Å²) in [5.74, 6) is 0.299. The maximum absolute atomic E-state index is 12.4. The molecule has 18 heavy (non-hydrogen) atoms. The van der Waals surface area contributed by atoms with E-state index in [0.717, 1.165) is 6.42 Å². The van der Waals surface area contributed by atoms with Gasteiger partial charge in [0.25, 0.3) is 0 Å². The van der Waals surface area contributed by atoms with Crippen molar-refractivity contribution in [1.82, 2.24) is 4.90 Å². The largest absolute Gasteiger partial charge is 0.390 e. The molecule has 0 radical (unpaired) electrons. The van der Waals surface area contributed by atoms with Gasteiger partial charge < -0.3 is 10.0 Å². The molecule has 1 amide bonds. The van der Waals surface area contributed by atoms with E-state index in [9.17, 15) is 9.90 Å². The van der Waals surface area contributed by atoms with Gasteiger partial charge in [-0.3, -0.25) is 4.79 Å². The van der Waals surface area contributed by atoms with E-state index in [1.807, 2.05) is 24.0 Å². The fourth-order valence-corrected chi connectivity index (χ4v) is 2.91. The summed E-state index contributed by atoms with van der Waals surface area (Å²) in [6.45, 7) is 3.22. The molecule has 2 aliphatic rings. The Hall–Kier alpha value is -1.35. The SMILES string of the molecule is CC1(O)CCN(C(=O)C2Cc3ccccc32)CC1. The maximum atomic E-state index is 12.4. The molecule has 1 aromatic rings. The van der Waals surface area contributed by atoms with E-state index >= 15 is 0 Å². The van der Waals surface area contributed by atoms with Crippen molar-refractivity contribution in [3.8, 4) is 0 Å². The van der Waals surface area contributed by atoms with Crippen LogP contribution in [0.2, 0.25) is 0 Å². The topological polar surface area (TPSA) is 40.5 Å². The average molecular weight is 245 g/mol. The van der Waals surface area contributed by atoms with E-state index in [1.54, 1.807) is 0 Å². The first-order chi connectivity index (χ1) is 8.57. The van der Waals surface area contributed by atoms with Gasteiger partial charge in [-0.25, -0.2) is 0 Å². The van der Waals surface area contributed by atoms with Crippen molar-refractivity contribution in [3.05, 3.63) is 35.4 Å². The first-order valence-electron chi connectivity index (χ1n) is 6.66. The summed E-state index contributed by atoms with van der Waals surface area (Å²) in [7, 11) is 0. The van der Waals surface area contributed by atoms with Gasteiger partial charge in [0.1, 0.15) is 0 Å². The Labute approximate surface area is 107 Å². The van der Waals surface area contributed by atoms with Crippen LogP contribution in [0.15, 0.2) is 24.3 Å². The first kappa shape index (κ1) is 11.7. The molecule has 0 bridgehead atoms. The molecule has 0 aromatic heterocycles. The van der Waals surface area contributed by atoms with Crippen LogP contribution >= 0.6 is 0 Å². The van der Waals surface area contributed by atoms with E-state index < -0.39 is 5.60 Å². The molecule has 1 fully saturated rings. The first-order valence-corrected chi connectivity index (χ1v) is 6.66. The molecular weight excluding hydrogens is 226 g/mol. The number of amides is 1. The Bertz CT molecular complexity index is 471. The molecule has 96 valence electrons. The number of fused-ring (bicyclic) bond motifs is 1. The molecular formula is C15H19NO2. The quantitative estimate of drug-likeness (QED) is 0.818. The molecule has 1 aromatic carbocycles. The third-order valence-electron chi connectivity index (χ3n) is 4.30. The Morgan fingerprint density at radius 1 is 1.33 bits per heavy atom. The molecule has 1 unspecified atom stereocenters. The van der Waals surface area contributed by atoms with Crippen LogP contribution in [0.3, 0.4) is 0 Å². The number of piperidine rings is 1. The van der Waals surface area contributed by atoms with Crippen molar-refractivity contribution < 1.29 is 9.90 Å². The molecule has 3 heteroatoms. The van der Waals surface area contributed by atoms with E-state index in [2.05, 4.69) is 12.1 Å². The van der Waals surface area contributed by atoms with Gasteiger partial charge in [0.05, 0.1) is 11.5 Å². The molecule has 1 N–H and O–H groups in total. The predicted octanol–water partition coefficient (Wildman–Crippen LogP) is 1.70. The van der Waals surface area contributed by atoms with Crippen molar-refractivity contribution in [3.63, 3.8) is 0 Å². The van der Waals surface area contributed by atoms with Crippen LogP contribution in [0.25, 0.3) is 0 Å². The van der Waals surface area contributed by atoms with Crippen molar-refractivity contribution >= 4 is 5.91 Å². The number of carbonyl (C=O) groups excluding carboxylic acids is 1. The average Bonchev–Trinajstić information content (AvgIpc) is 2.30. The lowest BCUT2D eigenvalue weighted by molar-refractivity contribution is -0.137. The molecule has 0 spiro atoms. The van der Waals surface area contributed by atoms with Crippen molar-refractivity contribution in [2.45, 2.75) is 37.7 Å². The Kier molecular flexibility index (Phi) is 2.67. The lowest BCUT2D eigenvalue weighted by atomic mass is 9.76. The Morgan fingerprint density at radius 3 is 2.67 bits per heavy atom. The summed E-state index contributed by atoms with van der Waals surface area (Å²) >= 11 is 0. The number of aliphatic hydroxyl groups is 1. The fourth-order valence-electron chi connectivity index (χ4n) is 2.91. The molecule has 3 rings (SSSR count). The van der Waals surface area contributed by atoms with Crippen molar-refractivity contribution in [2.24, 2.45) is 0 Å². The zero-order chi connectivity index (χ0) is 12.8. The molecule has 1 atom stereocenters. The normalized spacial score (nSPS) is 25.2. The van der Waals surface area contributed by atoms with Crippen LogP contribution in [0.5, 0.6) is 0 Å². The summed E-state index contributed by atoms with van der Waals surface area (Å²) in [6.07, 6.45) is 2.25. The summed E-state index contributed by atoms with van der Waals surface area (Å²) in [5.41, 5.74) is 1.91. The molecule has 1 saturated heterocycles. The van der Waals surface area contributed by atoms with Crippen molar-refractivity contribution in [1.29, 1.82) is 0 Å². The number of hydrogen-bond acceptors (Lipinski definition) is 2. The highest BCUT2D eigenvalue weighted by Crippen LogP contribution is 2.37. The van der Waals surface area contributed by atoms with Gasteiger partial charge >= 0.3 is 0 Å². The summed E-state index contributed by atoms with van der Waals surface area (Å²) in [5, 5.41) is 9.90. The highest BCUT2D eigenvalue weighted by Gasteiger charge is 2.37. The van der Waals surface area contributed by atoms with E-state index in [4.69, 9.17) is 0 Å². The lowest BCUT2D eigenvalue weighted by Crippen LogP contribution is -2.48. The van der Waals surface area contributed by atoms with Crippen LogP contribution in [0.4, 0.5) is 0 Å². The third-order valence-corrected chi connectivity index (χ3v) is 4.30. The minimum absolute atomic E-state index is 0.0595. The number of rotatable bonds is 1. The summed E-state index contributed by atoms with van der Waals surface area (Å²) in [4.78, 5) is 14.3. The third kappa shape index (κ3) is 1.93. The van der Waals surface area contributed by atoms with Gasteiger partial charge in [0, 0.05) is 13.1 Å². The van der Waals surface area contributed by atoms with Crippen LogP contribution in [-0.2, 0) is 11.2 Å². The number of carbonyl (C=O) groups is 1. The van der Waals surface area contributed by atoms with Gasteiger partial charge in [0.15, 0.2) is 0 Å². The highest BCUT2D eigenvalue weighted by molar-refractivity contribution is 5.87. The standard InChI is InChI=1S/C15H19NO2/c1-15(18)6-8-16(9-7-15)14(17)13-10-11-4-2-3-5-12(11)13/h2-5,13,18H,6-10H2,1H3. The molecule has 1 aliphatic carbocycles. The number of likely N-dealkylation sites (tertiary alicyclic amines) is 1. The molecule has 1 heterocycles. The second-order valence-corrected chi connectivity index (χ2v) is 5.78. The fraction of sp³-hybridized carbons (Fsp3) is 0.533. The van der Waals surface area contributed by atoms with Gasteiger partial charge in [-0.05, 0) is 37.3 Å². The van der Waals surface area contributed by atoms with E-state index in [-0.39, 0.29) is 11.8 Å². The predicted molar refractivity (Wildman–Crippen MR) is 69.3 cm³/mol. The van der Waals surface area contributed by atoms with Gasteiger partial charge in [0.2, 0.25) is 5.91 Å². The van der Waals surface area contributed by atoms with Crippen LogP contribution in [0.1, 0.15) is 36.8 Å². The highest BCUT2D eigenvalue weighted by atomic mass is 16.3. The molecule has 1 aliphatic heterocycles. The van der Waals surface area contributed by atoms with E-state index in [0.29, 0.717) is 25.9 Å². The monoisotopic (exact) mass is 245 g/mol. The number of hydrogen-bond donors (Lipinski definition) is 1. The maximum Gasteiger partial charge on any atom is 0.230 e. The minimum atomic E-state index is -0.589. The van der Waals surface area contributed by atoms with Gasteiger partial charge in [-0.1, -0.05) is 24.3 Å². The van der Waals surface area contributed by atoms with Crippen LogP contribution < -0.4 is 0 Å². The Morgan fingerprint density at radius 2 is 2.00 bits per heavy atom. The molecule has 3 nitrogen and oxygen atoms in total. The summed E-state index contributed by atoms with van der Waals surface area (Å²) in [6, 6.07) is 8.18. The lowest BCUT2D eigenvalue weighted by Gasteiger charge is -2.39. The second kappa shape index (κ2) is 4.09. The van der Waals surface area contributed by atoms with Crippen molar-refractivity contribution in [2.75, 3.05) is 13.1 Å². The van der Waals surface area contributed by atoms with Gasteiger partial charge in [-0.2, -0.15) is 0 Å². The number of nitrogens with zero attached hydrogens (tertiary/aromatic N) is 1. The van der Waals surface area contributed by atoms with Gasteiger partial charge in [-0.15, -0.1) is 0 Å². The zero-order valence-corrected chi connectivity index (χ0v) is 10.7.